The molecule has 0 heterocycles. The molecular weight excluding hydrogens is 234 g/mol. The summed E-state index contributed by atoms with van der Waals surface area (Å²) in [6.45, 7) is 6.31. The lowest BCUT2D eigenvalue weighted by atomic mass is 10.0. The summed E-state index contributed by atoms with van der Waals surface area (Å²) in [4.78, 5) is 0. The summed E-state index contributed by atoms with van der Waals surface area (Å²) in [5.74, 6) is 0.353. The van der Waals surface area contributed by atoms with Crippen LogP contribution in [0.4, 0.5) is 5.69 Å². The number of aryl methyl sites for hydroxylation is 2. The van der Waals surface area contributed by atoms with E-state index in [1.54, 1.807) is 6.07 Å². The number of hydrogen-bond donors (Lipinski definition) is 2. The summed E-state index contributed by atoms with van der Waals surface area (Å²) >= 11 is 0. The van der Waals surface area contributed by atoms with E-state index in [2.05, 4.69) is 44.3 Å². The summed E-state index contributed by atoms with van der Waals surface area (Å²) in [6.07, 6.45) is 0.921. The van der Waals surface area contributed by atoms with Crippen LogP contribution in [0.2, 0.25) is 0 Å². The third-order valence-electron chi connectivity index (χ3n) is 3.28. The Labute approximate surface area is 115 Å². The quantitative estimate of drug-likeness (QED) is 0.838. The fourth-order valence-corrected chi connectivity index (χ4v) is 2.44. The highest BCUT2D eigenvalue weighted by Gasteiger charge is 2.12. The van der Waals surface area contributed by atoms with E-state index in [-0.39, 0.29) is 6.04 Å². The number of benzene rings is 2. The molecule has 0 saturated heterocycles. The average molecular weight is 255 g/mol. The number of rotatable bonds is 4. The van der Waals surface area contributed by atoms with Gasteiger partial charge in [0.15, 0.2) is 0 Å². The van der Waals surface area contributed by atoms with Crippen LogP contribution in [0, 0.1) is 13.8 Å². The predicted octanol–water partition coefficient (Wildman–Crippen LogP) is 4.57. The van der Waals surface area contributed by atoms with Crippen molar-refractivity contribution in [3.05, 3.63) is 59.2 Å². The second kappa shape index (κ2) is 5.79. The van der Waals surface area contributed by atoms with E-state index in [1.807, 2.05) is 18.2 Å². The Hall–Kier alpha value is -1.96. The molecule has 0 saturated carbocycles. The highest BCUT2D eigenvalue weighted by Crippen LogP contribution is 2.29. The molecule has 0 amide bonds. The fourth-order valence-electron chi connectivity index (χ4n) is 2.44. The van der Waals surface area contributed by atoms with Gasteiger partial charge in [-0.05, 0) is 49.6 Å². The molecule has 0 fully saturated rings. The fraction of sp³-hybridized carbons (Fsp3) is 0.294. The van der Waals surface area contributed by atoms with Gasteiger partial charge in [0.2, 0.25) is 0 Å². The number of phenolic OH excluding ortho intramolecular Hbond substituents is 1. The van der Waals surface area contributed by atoms with Crippen LogP contribution < -0.4 is 5.32 Å². The van der Waals surface area contributed by atoms with Crippen molar-refractivity contribution in [3.8, 4) is 5.75 Å². The summed E-state index contributed by atoms with van der Waals surface area (Å²) in [6, 6.07) is 14.1. The molecule has 2 N–H and O–H groups in total. The van der Waals surface area contributed by atoms with Crippen molar-refractivity contribution in [2.45, 2.75) is 33.2 Å². The second-order valence-electron chi connectivity index (χ2n) is 5.04. The molecular formula is C17H21NO. The van der Waals surface area contributed by atoms with E-state index in [9.17, 15) is 5.11 Å². The Morgan fingerprint density at radius 3 is 2.26 bits per heavy atom. The summed E-state index contributed by atoms with van der Waals surface area (Å²) in [5, 5.41) is 13.5. The molecule has 0 spiro atoms. The largest absolute Gasteiger partial charge is 0.508 e. The van der Waals surface area contributed by atoms with Crippen LogP contribution >= 0.6 is 0 Å². The summed E-state index contributed by atoms with van der Waals surface area (Å²) in [5.41, 5.74) is 4.54. The molecule has 100 valence electrons. The number of para-hydroxylation sites is 1. The van der Waals surface area contributed by atoms with Gasteiger partial charge in [-0.15, -0.1) is 0 Å². The van der Waals surface area contributed by atoms with Crippen molar-refractivity contribution in [2.75, 3.05) is 5.32 Å². The van der Waals surface area contributed by atoms with Gasteiger partial charge in [0.1, 0.15) is 5.75 Å². The van der Waals surface area contributed by atoms with Gasteiger partial charge in [-0.2, -0.15) is 0 Å². The molecule has 0 radical (unpaired) electrons. The summed E-state index contributed by atoms with van der Waals surface area (Å²) in [7, 11) is 0. The topological polar surface area (TPSA) is 32.3 Å². The Balaban J connectivity index is 2.26. The number of nitrogens with one attached hydrogen (secondary N) is 1. The first-order valence-electron chi connectivity index (χ1n) is 6.73. The second-order valence-corrected chi connectivity index (χ2v) is 5.04. The van der Waals surface area contributed by atoms with Gasteiger partial charge in [0.25, 0.3) is 0 Å². The van der Waals surface area contributed by atoms with E-state index in [4.69, 9.17) is 0 Å². The van der Waals surface area contributed by atoms with Crippen molar-refractivity contribution >= 4 is 5.69 Å². The van der Waals surface area contributed by atoms with Crippen LogP contribution in [0.3, 0.4) is 0 Å². The first kappa shape index (κ1) is 13.5. The van der Waals surface area contributed by atoms with Crippen molar-refractivity contribution in [1.29, 1.82) is 0 Å². The Bertz CT molecular complexity index is 543. The third-order valence-corrected chi connectivity index (χ3v) is 3.28. The van der Waals surface area contributed by atoms with Crippen LogP contribution in [0.25, 0.3) is 0 Å². The van der Waals surface area contributed by atoms with E-state index < -0.39 is 0 Å². The minimum Gasteiger partial charge on any atom is -0.508 e. The normalized spacial score (nSPS) is 12.2. The first-order chi connectivity index (χ1) is 9.10. The number of hydrogen-bond acceptors (Lipinski definition) is 2. The predicted molar refractivity (Wildman–Crippen MR) is 80.7 cm³/mol. The highest BCUT2D eigenvalue weighted by molar-refractivity contribution is 5.51. The molecule has 1 atom stereocenters. The molecule has 19 heavy (non-hydrogen) atoms. The van der Waals surface area contributed by atoms with Gasteiger partial charge in [-0.25, -0.2) is 0 Å². The SMILES string of the molecule is CCC(Nc1cc(C)cc(C)c1)c1ccccc1O. The van der Waals surface area contributed by atoms with Crippen LogP contribution in [-0.4, -0.2) is 5.11 Å². The molecule has 2 aromatic carbocycles. The number of phenols is 1. The van der Waals surface area contributed by atoms with Crippen molar-refractivity contribution in [2.24, 2.45) is 0 Å². The highest BCUT2D eigenvalue weighted by atomic mass is 16.3. The molecule has 2 heteroatoms. The van der Waals surface area contributed by atoms with Gasteiger partial charge in [-0.3, -0.25) is 0 Å². The zero-order chi connectivity index (χ0) is 13.8. The minimum atomic E-state index is 0.127. The molecule has 0 aliphatic carbocycles. The Kier molecular flexibility index (Phi) is 4.10. The van der Waals surface area contributed by atoms with Gasteiger partial charge < -0.3 is 10.4 Å². The van der Waals surface area contributed by atoms with Crippen LogP contribution in [0.1, 0.15) is 36.1 Å². The van der Waals surface area contributed by atoms with Crippen LogP contribution in [0.15, 0.2) is 42.5 Å². The monoisotopic (exact) mass is 255 g/mol. The number of anilines is 1. The maximum atomic E-state index is 9.96. The van der Waals surface area contributed by atoms with Crippen LogP contribution in [0.5, 0.6) is 5.75 Å². The molecule has 0 aliphatic heterocycles. The molecule has 2 aromatic rings. The third kappa shape index (κ3) is 3.28. The minimum absolute atomic E-state index is 0.127. The Morgan fingerprint density at radius 1 is 1.05 bits per heavy atom. The average Bonchev–Trinajstić information content (AvgIpc) is 2.36. The standard InChI is InChI=1S/C17H21NO/c1-4-16(15-7-5-6-8-17(15)19)18-14-10-12(2)9-13(3)11-14/h5-11,16,18-19H,4H2,1-3H3. The lowest BCUT2D eigenvalue weighted by Gasteiger charge is -2.20. The van der Waals surface area contributed by atoms with Gasteiger partial charge in [-0.1, -0.05) is 31.2 Å². The van der Waals surface area contributed by atoms with Gasteiger partial charge >= 0.3 is 0 Å². The van der Waals surface area contributed by atoms with Crippen molar-refractivity contribution < 1.29 is 5.11 Å². The Morgan fingerprint density at radius 2 is 1.68 bits per heavy atom. The molecule has 2 rings (SSSR count). The van der Waals surface area contributed by atoms with Gasteiger partial charge in [0, 0.05) is 11.3 Å². The van der Waals surface area contributed by atoms with Gasteiger partial charge in [0.05, 0.1) is 6.04 Å². The zero-order valence-electron chi connectivity index (χ0n) is 11.8. The molecule has 0 aliphatic rings. The summed E-state index contributed by atoms with van der Waals surface area (Å²) < 4.78 is 0. The molecule has 0 aromatic heterocycles. The van der Waals surface area contributed by atoms with E-state index >= 15 is 0 Å². The lowest BCUT2D eigenvalue weighted by Crippen LogP contribution is -2.10. The number of aromatic hydroxyl groups is 1. The molecule has 1 unspecified atom stereocenters. The van der Waals surface area contributed by atoms with Crippen molar-refractivity contribution in [3.63, 3.8) is 0 Å². The van der Waals surface area contributed by atoms with E-state index in [1.165, 1.54) is 11.1 Å². The van der Waals surface area contributed by atoms with E-state index in [0.29, 0.717) is 5.75 Å². The van der Waals surface area contributed by atoms with Crippen LogP contribution in [-0.2, 0) is 0 Å². The smallest absolute Gasteiger partial charge is 0.120 e. The lowest BCUT2D eigenvalue weighted by molar-refractivity contribution is 0.463. The maximum Gasteiger partial charge on any atom is 0.120 e. The van der Waals surface area contributed by atoms with Crippen molar-refractivity contribution in [1.82, 2.24) is 0 Å². The zero-order valence-corrected chi connectivity index (χ0v) is 11.8. The molecule has 0 bridgehead atoms. The first-order valence-corrected chi connectivity index (χ1v) is 6.73. The maximum absolute atomic E-state index is 9.96. The molecule has 2 nitrogen and oxygen atoms in total. The van der Waals surface area contributed by atoms with E-state index in [0.717, 1.165) is 17.7 Å².